The van der Waals surface area contributed by atoms with Gasteiger partial charge in [0.2, 0.25) is 0 Å². The highest BCUT2D eigenvalue weighted by Gasteiger charge is 1.95. The van der Waals surface area contributed by atoms with E-state index in [9.17, 15) is 0 Å². The predicted octanol–water partition coefficient (Wildman–Crippen LogP) is 2.40. The van der Waals surface area contributed by atoms with Gasteiger partial charge < -0.3 is 9.73 Å². The molecular weight excluding hydrogens is 200 g/mol. The Morgan fingerprint density at radius 3 is 3.00 bits per heavy atom. The van der Waals surface area contributed by atoms with Gasteiger partial charge in [0.15, 0.2) is 0 Å². The molecule has 0 spiro atoms. The largest absolute Gasteiger partial charge is 0.468 e. The number of hydrogen-bond donors (Lipinski definition) is 1. The smallest absolute Gasteiger partial charge is 0.117 e. The lowest BCUT2D eigenvalue weighted by molar-refractivity contribution is 0.481. The van der Waals surface area contributed by atoms with Crippen molar-refractivity contribution in [3.63, 3.8) is 0 Å². The van der Waals surface area contributed by atoms with Gasteiger partial charge in [-0.25, -0.2) is 0 Å². The number of hydrogen-bond acceptors (Lipinski definition) is 3. The van der Waals surface area contributed by atoms with E-state index in [1.54, 1.807) is 12.5 Å². The molecule has 0 bridgehead atoms. The van der Waals surface area contributed by atoms with Crippen molar-refractivity contribution in [2.75, 3.05) is 6.54 Å². The molecule has 0 saturated carbocycles. The molecule has 2 aromatic rings. The fourth-order valence-electron chi connectivity index (χ4n) is 1.59. The minimum absolute atomic E-state index is 0.806. The van der Waals surface area contributed by atoms with Crippen LogP contribution in [-0.2, 0) is 13.0 Å². The third-order valence-electron chi connectivity index (χ3n) is 2.42. The highest BCUT2D eigenvalue weighted by atomic mass is 16.3. The fourth-order valence-corrected chi connectivity index (χ4v) is 1.59. The van der Waals surface area contributed by atoms with Crippen molar-refractivity contribution in [3.05, 3.63) is 54.2 Å². The van der Waals surface area contributed by atoms with E-state index in [1.165, 1.54) is 5.56 Å². The zero-order chi connectivity index (χ0) is 11.1. The first-order chi connectivity index (χ1) is 7.95. The van der Waals surface area contributed by atoms with E-state index >= 15 is 0 Å². The van der Waals surface area contributed by atoms with Gasteiger partial charge in [-0.1, -0.05) is 6.07 Å². The Balaban J connectivity index is 1.59. The third kappa shape index (κ3) is 3.51. The van der Waals surface area contributed by atoms with Gasteiger partial charge in [-0.2, -0.15) is 0 Å². The molecule has 1 N–H and O–H groups in total. The second kappa shape index (κ2) is 6.08. The number of aryl methyl sites for hydroxylation is 1. The molecular formula is C13H16N2O. The first-order valence-corrected chi connectivity index (χ1v) is 5.57. The van der Waals surface area contributed by atoms with E-state index < -0.39 is 0 Å². The van der Waals surface area contributed by atoms with Crippen LogP contribution < -0.4 is 5.32 Å². The standard InChI is InChI=1S/C13H16N2O/c1-4-12(10-14-7-1)5-2-8-15-11-13-6-3-9-16-13/h1,3-4,6-7,9-10,15H,2,5,8,11H2. The molecule has 2 aromatic heterocycles. The first kappa shape index (κ1) is 10.9. The Kier molecular flexibility index (Phi) is 4.14. The number of nitrogens with one attached hydrogen (secondary N) is 1. The van der Waals surface area contributed by atoms with E-state index in [0.29, 0.717) is 0 Å². The van der Waals surface area contributed by atoms with Crippen LogP contribution in [0, 0.1) is 0 Å². The molecule has 0 aliphatic heterocycles. The fraction of sp³-hybridized carbons (Fsp3) is 0.308. The van der Waals surface area contributed by atoms with Gasteiger partial charge in [0.25, 0.3) is 0 Å². The molecule has 0 saturated heterocycles. The summed E-state index contributed by atoms with van der Waals surface area (Å²) in [6.07, 6.45) is 7.61. The van der Waals surface area contributed by atoms with Crippen LogP contribution in [0.15, 0.2) is 47.3 Å². The Morgan fingerprint density at radius 1 is 1.25 bits per heavy atom. The summed E-state index contributed by atoms with van der Waals surface area (Å²) >= 11 is 0. The summed E-state index contributed by atoms with van der Waals surface area (Å²) in [4.78, 5) is 4.09. The van der Waals surface area contributed by atoms with Gasteiger partial charge in [-0.05, 0) is 43.1 Å². The first-order valence-electron chi connectivity index (χ1n) is 5.57. The number of rotatable bonds is 6. The maximum absolute atomic E-state index is 5.23. The van der Waals surface area contributed by atoms with Crippen LogP contribution in [0.25, 0.3) is 0 Å². The Labute approximate surface area is 95.5 Å². The topological polar surface area (TPSA) is 38.1 Å². The SMILES string of the molecule is c1cncc(CCCNCc2ccco2)c1. The number of aromatic nitrogens is 1. The number of pyridine rings is 1. The average molecular weight is 216 g/mol. The molecule has 0 aliphatic rings. The highest BCUT2D eigenvalue weighted by molar-refractivity contribution is 5.08. The summed E-state index contributed by atoms with van der Waals surface area (Å²) in [5, 5.41) is 3.34. The van der Waals surface area contributed by atoms with Crippen molar-refractivity contribution in [1.82, 2.24) is 10.3 Å². The molecule has 0 atom stereocenters. The maximum Gasteiger partial charge on any atom is 0.117 e. The van der Waals surface area contributed by atoms with Crippen molar-refractivity contribution in [2.45, 2.75) is 19.4 Å². The van der Waals surface area contributed by atoms with Gasteiger partial charge in [-0.15, -0.1) is 0 Å². The van der Waals surface area contributed by atoms with E-state index in [4.69, 9.17) is 4.42 Å². The van der Waals surface area contributed by atoms with Gasteiger partial charge in [0.05, 0.1) is 12.8 Å². The van der Waals surface area contributed by atoms with Crippen LogP contribution in [0.3, 0.4) is 0 Å². The van der Waals surface area contributed by atoms with E-state index in [-0.39, 0.29) is 0 Å². The summed E-state index contributed by atoms with van der Waals surface area (Å²) < 4.78 is 5.23. The lowest BCUT2D eigenvalue weighted by atomic mass is 10.1. The number of furan rings is 1. The van der Waals surface area contributed by atoms with Crippen molar-refractivity contribution in [1.29, 1.82) is 0 Å². The van der Waals surface area contributed by atoms with Crippen LogP contribution >= 0.6 is 0 Å². The molecule has 2 rings (SSSR count). The van der Waals surface area contributed by atoms with E-state index in [0.717, 1.165) is 31.7 Å². The van der Waals surface area contributed by atoms with Crippen LogP contribution in [-0.4, -0.2) is 11.5 Å². The molecule has 0 aromatic carbocycles. The van der Waals surface area contributed by atoms with Gasteiger partial charge >= 0.3 is 0 Å². The highest BCUT2D eigenvalue weighted by Crippen LogP contribution is 2.01. The van der Waals surface area contributed by atoms with Crippen molar-refractivity contribution in [3.8, 4) is 0 Å². The van der Waals surface area contributed by atoms with E-state index in [1.807, 2.05) is 24.4 Å². The lowest BCUT2D eigenvalue weighted by Gasteiger charge is -2.02. The van der Waals surface area contributed by atoms with Crippen LogP contribution in [0.2, 0.25) is 0 Å². The molecule has 0 unspecified atom stereocenters. The molecule has 84 valence electrons. The van der Waals surface area contributed by atoms with Crippen LogP contribution in [0.5, 0.6) is 0 Å². The summed E-state index contributed by atoms with van der Waals surface area (Å²) in [5.74, 6) is 0.987. The third-order valence-corrected chi connectivity index (χ3v) is 2.42. The molecule has 16 heavy (non-hydrogen) atoms. The summed E-state index contributed by atoms with van der Waals surface area (Å²) in [7, 11) is 0. The molecule has 0 fully saturated rings. The van der Waals surface area contributed by atoms with Crippen molar-refractivity contribution >= 4 is 0 Å². The maximum atomic E-state index is 5.23. The van der Waals surface area contributed by atoms with Gasteiger partial charge in [0.1, 0.15) is 5.76 Å². The second-order valence-corrected chi connectivity index (χ2v) is 3.72. The molecule has 2 heterocycles. The normalized spacial score (nSPS) is 10.5. The average Bonchev–Trinajstić information content (AvgIpc) is 2.83. The monoisotopic (exact) mass is 216 g/mol. The summed E-state index contributed by atoms with van der Waals surface area (Å²) in [6.45, 7) is 1.80. The van der Waals surface area contributed by atoms with Crippen LogP contribution in [0.1, 0.15) is 17.7 Å². The minimum Gasteiger partial charge on any atom is -0.468 e. The summed E-state index contributed by atoms with van der Waals surface area (Å²) in [6, 6.07) is 7.98. The van der Waals surface area contributed by atoms with Crippen molar-refractivity contribution in [2.24, 2.45) is 0 Å². The number of nitrogens with zero attached hydrogens (tertiary/aromatic N) is 1. The Hall–Kier alpha value is -1.61. The Bertz CT molecular complexity index is 384. The Morgan fingerprint density at radius 2 is 2.25 bits per heavy atom. The zero-order valence-corrected chi connectivity index (χ0v) is 9.23. The molecule has 0 amide bonds. The molecule has 3 heteroatoms. The lowest BCUT2D eigenvalue weighted by Crippen LogP contribution is -2.14. The van der Waals surface area contributed by atoms with Crippen molar-refractivity contribution < 1.29 is 4.42 Å². The van der Waals surface area contributed by atoms with E-state index in [2.05, 4.69) is 16.4 Å². The summed E-state index contributed by atoms with van der Waals surface area (Å²) in [5.41, 5.74) is 1.29. The molecule has 3 nitrogen and oxygen atoms in total. The predicted molar refractivity (Wildman–Crippen MR) is 63.0 cm³/mol. The molecule has 0 radical (unpaired) electrons. The van der Waals surface area contributed by atoms with Gasteiger partial charge in [-0.3, -0.25) is 4.98 Å². The van der Waals surface area contributed by atoms with Crippen LogP contribution in [0.4, 0.5) is 0 Å². The quantitative estimate of drug-likeness (QED) is 0.753. The van der Waals surface area contributed by atoms with Gasteiger partial charge in [0, 0.05) is 12.4 Å². The second-order valence-electron chi connectivity index (χ2n) is 3.72. The zero-order valence-electron chi connectivity index (χ0n) is 9.23. The molecule has 0 aliphatic carbocycles. The minimum atomic E-state index is 0.806.